The van der Waals surface area contributed by atoms with E-state index in [0.717, 1.165) is 4.90 Å². The quantitative estimate of drug-likeness (QED) is 0.803. The molecule has 0 unspecified atom stereocenters. The van der Waals surface area contributed by atoms with E-state index in [1.165, 1.54) is 18.2 Å². The third-order valence-electron chi connectivity index (χ3n) is 2.28. The molecule has 7 heteroatoms. The van der Waals surface area contributed by atoms with Crippen LogP contribution in [-0.2, 0) is 4.79 Å². The molecule has 1 saturated heterocycles. The number of hydrogen-bond acceptors (Lipinski definition) is 3. The van der Waals surface area contributed by atoms with Gasteiger partial charge >= 0.3 is 12.0 Å². The van der Waals surface area contributed by atoms with E-state index < -0.39 is 17.9 Å². The van der Waals surface area contributed by atoms with Gasteiger partial charge in [0.15, 0.2) is 0 Å². The largest absolute Gasteiger partial charge is 0.478 e. The van der Waals surface area contributed by atoms with Crippen molar-refractivity contribution >= 4 is 39.5 Å². The summed E-state index contributed by atoms with van der Waals surface area (Å²) >= 11 is 3.18. The SMILES string of the molecule is O=C(O)c1ccc(Br)c(N2C(=O)CNC2=O)c1. The topological polar surface area (TPSA) is 86.7 Å². The van der Waals surface area contributed by atoms with Gasteiger partial charge in [-0.3, -0.25) is 4.79 Å². The van der Waals surface area contributed by atoms with Crippen LogP contribution in [0.5, 0.6) is 0 Å². The Labute approximate surface area is 104 Å². The molecule has 88 valence electrons. The Morgan fingerprint density at radius 3 is 2.65 bits per heavy atom. The number of rotatable bonds is 2. The molecule has 1 aliphatic rings. The van der Waals surface area contributed by atoms with E-state index in [1.807, 2.05) is 0 Å². The molecule has 0 spiro atoms. The summed E-state index contributed by atoms with van der Waals surface area (Å²) in [7, 11) is 0. The van der Waals surface area contributed by atoms with Crippen molar-refractivity contribution < 1.29 is 19.5 Å². The molecular formula is C10H7BrN2O4. The fourth-order valence-electron chi connectivity index (χ4n) is 1.48. The molecule has 0 atom stereocenters. The second-order valence-electron chi connectivity index (χ2n) is 3.36. The monoisotopic (exact) mass is 298 g/mol. The second kappa shape index (κ2) is 4.17. The zero-order valence-electron chi connectivity index (χ0n) is 8.44. The third-order valence-corrected chi connectivity index (χ3v) is 2.95. The number of carboxylic acid groups (broad SMARTS) is 1. The van der Waals surface area contributed by atoms with Crippen molar-refractivity contribution in [2.45, 2.75) is 0 Å². The lowest BCUT2D eigenvalue weighted by atomic mass is 10.2. The van der Waals surface area contributed by atoms with Crippen molar-refractivity contribution in [1.82, 2.24) is 5.32 Å². The molecule has 1 aromatic carbocycles. The van der Waals surface area contributed by atoms with E-state index in [0.29, 0.717) is 4.47 Å². The number of imide groups is 1. The van der Waals surface area contributed by atoms with Crippen LogP contribution in [0.3, 0.4) is 0 Å². The van der Waals surface area contributed by atoms with E-state index in [2.05, 4.69) is 21.2 Å². The molecule has 2 rings (SSSR count). The van der Waals surface area contributed by atoms with E-state index in [4.69, 9.17) is 5.11 Å². The van der Waals surface area contributed by atoms with Crippen molar-refractivity contribution in [3.63, 3.8) is 0 Å². The number of nitrogens with one attached hydrogen (secondary N) is 1. The molecule has 0 aromatic heterocycles. The van der Waals surface area contributed by atoms with Gasteiger partial charge < -0.3 is 10.4 Å². The highest BCUT2D eigenvalue weighted by Crippen LogP contribution is 2.29. The summed E-state index contributed by atoms with van der Waals surface area (Å²) in [4.78, 5) is 34.7. The summed E-state index contributed by atoms with van der Waals surface area (Å²) in [6.45, 7) is -0.0808. The van der Waals surface area contributed by atoms with Crippen LogP contribution in [0, 0.1) is 0 Å². The molecule has 0 aliphatic carbocycles. The molecule has 0 saturated carbocycles. The molecule has 1 aliphatic heterocycles. The minimum absolute atomic E-state index is 0.00991. The normalized spacial score (nSPS) is 15.0. The van der Waals surface area contributed by atoms with Crippen molar-refractivity contribution in [3.05, 3.63) is 28.2 Å². The van der Waals surface area contributed by atoms with Crippen LogP contribution >= 0.6 is 15.9 Å². The van der Waals surface area contributed by atoms with Crippen LogP contribution in [0.15, 0.2) is 22.7 Å². The van der Waals surface area contributed by atoms with Gasteiger partial charge in [-0.05, 0) is 34.1 Å². The molecule has 1 heterocycles. The minimum Gasteiger partial charge on any atom is -0.478 e. The third kappa shape index (κ3) is 2.01. The van der Waals surface area contributed by atoms with Crippen LogP contribution in [0.4, 0.5) is 10.5 Å². The summed E-state index contributed by atoms with van der Waals surface area (Å²) in [6.07, 6.45) is 0. The number of anilines is 1. The number of nitrogens with zero attached hydrogens (tertiary/aromatic N) is 1. The minimum atomic E-state index is -1.12. The average molecular weight is 299 g/mol. The molecule has 0 bridgehead atoms. The Morgan fingerprint density at radius 1 is 1.41 bits per heavy atom. The first-order chi connectivity index (χ1) is 8.00. The number of benzene rings is 1. The summed E-state index contributed by atoms with van der Waals surface area (Å²) < 4.78 is 0.480. The molecule has 0 radical (unpaired) electrons. The zero-order valence-corrected chi connectivity index (χ0v) is 10.0. The first-order valence-corrected chi connectivity index (χ1v) is 5.43. The first-order valence-electron chi connectivity index (χ1n) is 4.64. The van der Waals surface area contributed by atoms with Crippen molar-refractivity contribution in [3.8, 4) is 0 Å². The van der Waals surface area contributed by atoms with Gasteiger partial charge in [0, 0.05) is 4.47 Å². The maximum absolute atomic E-state index is 11.5. The molecule has 6 nitrogen and oxygen atoms in total. The Hall–Kier alpha value is -1.89. The number of carboxylic acids is 1. The number of aromatic carboxylic acids is 1. The van der Waals surface area contributed by atoms with Crippen molar-refractivity contribution in [2.24, 2.45) is 0 Å². The smallest absolute Gasteiger partial charge is 0.335 e. The average Bonchev–Trinajstić information content (AvgIpc) is 2.59. The number of carbonyl (C=O) groups excluding carboxylic acids is 2. The van der Waals surface area contributed by atoms with E-state index in [1.54, 1.807) is 0 Å². The molecule has 1 aromatic rings. The Balaban J connectivity index is 2.50. The van der Waals surface area contributed by atoms with Gasteiger partial charge in [-0.2, -0.15) is 0 Å². The van der Waals surface area contributed by atoms with E-state index in [9.17, 15) is 14.4 Å². The fraction of sp³-hybridized carbons (Fsp3) is 0.100. The molecular weight excluding hydrogens is 292 g/mol. The summed E-state index contributed by atoms with van der Waals surface area (Å²) in [5.41, 5.74) is 0.237. The number of hydrogen-bond donors (Lipinski definition) is 2. The summed E-state index contributed by atoms with van der Waals surface area (Å²) in [6, 6.07) is 3.58. The van der Waals surface area contributed by atoms with E-state index in [-0.39, 0.29) is 17.8 Å². The highest BCUT2D eigenvalue weighted by molar-refractivity contribution is 9.10. The zero-order chi connectivity index (χ0) is 12.6. The lowest BCUT2D eigenvalue weighted by Gasteiger charge is -2.14. The maximum Gasteiger partial charge on any atom is 0.335 e. The number of amides is 3. The Morgan fingerprint density at radius 2 is 2.12 bits per heavy atom. The highest BCUT2D eigenvalue weighted by atomic mass is 79.9. The lowest BCUT2D eigenvalue weighted by molar-refractivity contribution is -0.115. The van der Waals surface area contributed by atoms with Crippen molar-refractivity contribution in [1.29, 1.82) is 0 Å². The Kier molecular flexibility index (Phi) is 2.84. The Bertz CT molecular complexity index is 513. The number of carbonyl (C=O) groups is 3. The first kappa shape index (κ1) is 11.6. The number of urea groups is 1. The van der Waals surface area contributed by atoms with Crippen LogP contribution < -0.4 is 10.2 Å². The van der Waals surface area contributed by atoms with Gasteiger partial charge in [0.05, 0.1) is 17.8 Å². The molecule has 3 amide bonds. The van der Waals surface area contributed by atoms with E-state index >= 15 is 0 Å². The van der Waals surface area contributed by atoms with Crippen molar-refractivity contribution in [2.75, 3.05) is 11.4 Å². The van der Waals surface area contributed by atoms with Crippen LogP contribution in [0.25, 0.3) is 0 Å². The van der Waals surface area contributed by atoms with Gasteiger partial charge in [0.1, 0.15) is 0 Å². The highest BCUT2D eigenvalue weighted by Gasteiger charge is 2.31. The maximum atomic E-state index is 11.5. The molecule has 17 heavy (non-hydrogen) atoms. The van der Waals surface area contributed by atoms with Gasteiger partial charge in [-0.1, -0.05) is 0 Å². The van der Waals surface area contributed by atoms with Crippen LogP contribution in [0.1, 0.15) is 10.4 Å². The second-order valence-corrected chi connectivity index (χ2v) is 4.21. The lowest BCUT2D eigenvalue weighted by Crippen LogP contribution is -2.31. The fourth-order valence-corrected chi connectivity index (χ4v) is 1.91. The molecule has 2 N–H and O–H groups in total. The number of halogens is 1. The summed E-state index contributed by atoms with van der Waals surface area (Å²) in [5.74, 6) is -1.54. The van der Waals surface area contributed by atoms with Crippen LogP contribution in [-0.4, -0.2) is 29.6 Å². The predicted octanol–water partition coefficient (Wildman–Crippen LogP) is 1.20. The van der Waals surface area contributed by atoms with Gasteiger partial charge in [0.2, 0.25) is 0 Å². The predicted molar refractivity (Wildman–Crippen MR) is 62.0 cm³/mol. The van der Waals surface area contributed by atoms with Gasteiger partial charge in [-0.15, -0.1) is 0 Å². The summed E-state index contributed by atoms with van der Waals surface area (Å²) in [5, 5.41) is 11.2. The molecule has 1 fully saturated rings. The standard InChI is InChI=1S/C10H7BrN2O4/c11-6-2-1-5(9(15)16)3-7(6)13-8(14)4-12-10(13)17/h1-3H,4H2,(H,12,17)(H,15,16). The van der Waals surface area contributed by atoms with Gasteiger partial charge in [-0.25, -0.2) is 14.5 Å². The van der Waals surface area contributed by atoms with Crippen LogP contribution in [0.2, 0.25) is 0 Å². The van der Waals surface area contributed by atoms with Gasteiger partial charge in [0.25, 0.3) is 5.91 Å².